The van der Waals surface area contributed by atoms with Crippen LogP contribution >= 0.6 is 0 Å². The summed E-state index contributed by atoms with van der Waals surface area (Å²) in [5.74, 6) is 0.327. The van der Waals surface area contributed by atoms with Gasteiger partial charge in [-0.1, -0.05) is 18.2 Å². The fourth-order valence-corrected chi connectivity index (χ4v) is 1.26. The Balaban J connectivity index is 0.000000873. The van der Waals surface area contributed by atoms with Crippen molar-refractivity contribution in [2.24, 2.45) is 0 Å². The Hall–Kier alpha value is -0.812. The molecule has 0 aromatic heterocycles. The Kier molecular flexibility index (Phi) is 12.1. The third-order valence-corrected chi connectivity index (χ3v) is 2.07. The van der Waals surface area contributed by atoms with Crippen LogP contribution in [0, 0.1) is 0 Å². The summed E-state index contributed by atoms with van der Waals surface area (Å²) in [6.45, 7) is 3.08. The molecular weight excluding hydrogens is 320 g/mol. The summed E-state index contributed by atoms with van der Waals surface area (Å²) in [4.78, 5) is 0. The molecule has 0 fully saturated rings. The summed E-state index contributed by atoms with van der Waals surface area (Å²) >= 11 is -2.03. The van der Waals surface area contributed by atoms with Gasteiger partial charge in [0, 0.05) is 31.7 Å². The standard InChI is InChI=1S/C11H18N2O2.Mo.2O/c14-8-7-12-5-6-13-9-10-3-1-2-4-11(10)15;;;/h1-4,12-15H,5-9H2;;;. The van der Waals surface area contributed by atoms with Gasteiger partial charge in [0.25, 0.3) is 0 Å². The Bertz CT molecular complexity index is 357. The van der Waals surface area contributed by atoms with Crippen LogP contribution in [0.1, 0.15) is 5.56 Å². The maximum absolute atomic E-state index is 9.46. The van der Waals surface area contributed by atoms with Gasteiger partial charge in [-0.25, -0.2) is 0 Å². The number of rotatable bonds is 7. The van der Waals surface area contributed by atoms with E-state index in [9.17, 15) is 5.11 Å². The first kappa shape index (κ1) is 17.2. The van der Waals surface area contributed by atoms with Crippen molar-refractivity contribution in [3.05, 3.63) is 29.8 Å². The van der Waals surface area contributed by atoms with Crippen molar-refractivity contribution in [2.75, 3.05) is 26.2 Å². The van der Waals surface area contributed by atoms with Crippen LogP contribution in [0.3, 0.4) is 0 Å². The quantitative estimate of drug-likeness (QED) is 0.407. The second-order valence-corrected chi connectivity index (χ2v) is 3.68. The van der Waals surface area contributed by atoms with E-state index in [2.05, 4.69) is 10.6 Å². The summed E-state index contributed by atoms with van der Waals surface area (Å²) in [6.07, 6.45) is 0. The van der Waals surface area contributed by atoms with Gasteiger partial charge in [-0.2, -0.15) is 0 Å². The molecule has 0 bridgehead atoms. The van der Waals surface area contributed by atoms with Gasteiger partial charge in [0.1, 0.15) is 5.75 Å². The van der Waals surface area contributed by atoms with E-state index in [4.69, 9.17) is 11.9 Å². The molecule has 4 N–H and O–H groups in total. The van der Waals surface area contributed by atoms with Crippen LogP contribution in [-0.2, 0) is 31.8 Å². The molecule has 0 saturated carbocycles. The fourth-order valence-electron chi connectivity index (χ4n) is 1.26. The molecule has 0 aliphatic heterocycles. The number of aliphatic hydroxyl groups excluding tert-OH is 1. The van der Waals surface area contributed by atoms with Crippen LogP contribution in [0.4, 0.5) is 0 Å². The Morgan fingerprint density at radius 2 is 1.67 bits per heavy atom. The predicted molar refractivity (Wildman–Crippen MR) is 61.1 cm³/mol. The first-order valence-corrected chi connectivity index (χ1v) is 7.11. The van der Waals surface area contributed by atoms with E-state index >= 15 is 0 Å². The number of para-hydroxylation sites is 1. The second-order valence-electron chi connectivity index (χ2n) is 3.35. The third kappa shape index (κ3) is 9.24. The van der Waals surface area contributed by atoms with Gasteiger partial charge in [-0.05, 0) is 6.07 Å². The molecule has 0 aliphatic carbocycles. The van der Waals surface area contributed by atoms with Crippen LogP contribution in [-0.4, -0.2) is 36.5 Å². The minimum atomic E-state index is -2.03. The molecule has 0 atom stereocenters. The number of hydrogen-bond donors (Lipinski definition) is 4. The van der Waals surface area contributed by atoms with Gasteiger partial charge >= 0.3 is 25.3 Å². The molecule has 0 saturated heterocycles. The van der Waals surface area contributed by atoms with Crippen molar-refractivity contribution in [1.29, 1.82) is 0 Å². The average Bonchev–Trinajstić information content (AvgIpc) is 2.37. The Morgan fingerprint density at radius 1 is 1.06 bits per heavy atom. The molecular formula is C11H18MoN2O4. The van der Waals surface area contributed by atoms with E-state index in [0.717, 1.165) is 18.7 Å². The zero-order valence-corrected chi connectivity index (χ0v) is 12.0. The van der Waals surface area contributed by atoms with Gasteiger partial charge in [-0.15, -0.1) is 0 Å². The zero-order valence-electron chi connectivity index (χ0n) is 9.96. The van der Waals surface area contributed by atoms with Crippen molar-refractivity contribution in [3.63, 3.8) is 0 Å². The van der Waals surface area contributed by atoms with Crippen LogP contribution < -0.4 is 10.6 Å². The number of benzene rings is 1. The number of aliphatic hydroxyl groups is 1. The van der Waals surface area contributed by atoms with Crippen LogP contribution in [0.15, 0.2) is 24.3 Å². The SMILES string of the molecule is OCCNCCNCc1ccccc1O.[O]=[Mo]=[O]. The van der Waals surface area contributed by atoms with Crippen molar-refractivity contribution < 1.29 is 35.5 Å². The summed E-state index contributed by atoms with van der Waals surface area (Å²) in [6, 6.07) is 7.28. The molecule has 0 spiro atoms. The van der Waals surface area contributed by atoms with Crippen molar-refractivity contribution in [3.8, 4) is 5.75 Å². The van der Waals surface area contributed by atoms with Crippen LogP contribution in [0.2, 0.25) is 0 Å². The maximum atomic E-state index is 9.46. The number of nitrogens with one attached hydrogen (secondary N) is 2. The van der Waals surface area contributed by atoms with Crippen molar-refractivity contribution in [1.82, 2.24) is 10.6 Å². The van der Waals surface area contributed by atoms with Gasteiger partial charge in [-0.3, -0.25) is 0 Å². The zero-order chi connectivity index (χ0) is 13.6. The fraction of sp³-hybridized carbons (Fsp3) is 0.455. The molecule has 1 rings (SSSR count). The summed E-state index contributed by atoms with van der Waals surface area (Å²) < 4.78 is 17.0. The summed E-state index contributed by atoms with van der Waals surface area (Å²) in [5, 5.41) is 24.2. The molecule has 7 heteroatoms. The van der Waals surface area contributed by atoms with E-state index in [0.29, 0.717) is 18.8 Å². The van der Waals surface area contributed by atoms with Gasteiger partial charge in [0.15, 0.2) is 0 Å². The second kappa shape index (κ2) is 12.6. The van der Waals surface area contributed by atoms with Crippen molar-refractivity contribution >= 4 is 0 Å². The van der Waals surface area contributed by atoms with E-state index in [1.807, 2.05) is 18.2 Å². The Morgan fingerprint density at radius 3 is 2.28 bits per heavy atom. The predicted octanol–water partition coefficient (Wildman–Crippen LogP) is -0.176. The molecule has 0 heterocycles. The summed E-state index contributed by atoms with van der Waals surface area (Å²) in [7, 11) is 0. The van der Waals surface area contributed by atoms with E-state index in [1.165, 1.54) is 0 Å². The molecule has 6 nitrogen and oxygen atoms in total. The van der Waals surface area contributed by atoms with E-state index in [-0.39, 0.29) is 6.61 Å². The van der Waals surface area contributed by atoms with E-state index < -0.39 is 18.5 Å². The van der Waals surface area contributed by atoms with Gasteiger partial charge in [0.2, 0.25) is 0 Å². The van der Waals surface area contributed by atoms with Gasteiger partial charge < -0.3 is 20.8 Å². The minimum absolute atomic E-state index is 0.166. The normalized spacial score (nSPS) is 9.39. The molecule has 1 aromatic carbocycles. The average molecular weight is 338 g/mol. The van der Waals surface area contributed by atoms with E-state index in [1.54, 1.807) is 6.07 Å². The molecule has 0 aliphatic rings. The number of phenols is 1. The Labute approximate surface area is 115 Å². The topological polar surface area (TPSA) is 98.7 Å². The van der Waals surface area contributed by atoms with Gasteiger partial charge in [0.05, 0.1) is 6.61 Å². The number of hydrogen-bond acceptors (Lipinski definition) is 6. The monoisotopic (exact) mass is 340 g/mol. The first-order valence-electron chi connectivity index (χ1n) is 5.47. The molecule has 0 radical (unpaired) electrons. The van der Waals surface area contributed by atoms with Crippen molar-refractivity contribution in [2.45, 2.75) is 6.54 Å². The van der Waals surface area contributed by atoms with Crippen LogP contribution in [0.25, 0.3) is 0 Å². The molecule has 102 valence electrons. The first-order chi connectivity index (χ1) is 8.76. The number of phenolic OH excluding ortho intramolecular Hbond substituents is 1. The summed E-state index contributed by atoms with van der Waals surface area (Å²) in [5.41, 5.74) is 0.902. The van der Waals surface area contributed by atoms with Crippen LogP contribution in [0.5, 0.6) is 5.75 Å². The molecule has 0 amide bonds. The molecule has 1 aromatic rings. The molecule has 0 unspecified atom stereocenters. The third-order valence-electron chi connectivity index (χ3n) is 2.07. The molecule has 18 heavy (non-hydrogen) atoms. The number of aromatic hydroxyl groups is 1.